The normalized spacial score (nSPS) is 29.0. The van der Waals surface area contributed by atoms with Crippen molar-refractivity contribution in [3.05, 3.63) is 0 Å². The third-order valence-electron chi connectivity index (χ3n) is 2.61. The molecule has 5 nitrogen and oxygen atoms in total. The topological polar surface area (TPSA) is 72.8 Å². The molecule has 1 heterocycles. The molecule has 1 saturated heterocycles. The molecule has 92 valence electrons. The Morgan fingerprint density at radius 3 is 2.69 bits per heavy atom. The molecule has 16 heavy (non-hydrogen) atoms. The van der Waals surface area contributed by atoms with E-state index in [9.17, 15) is 9.59 Å². The number of hydrogen-bond acceptors (Lipinski definition) is 4. The summed E-state index contributed by atoms with van der Waals surface area (Å²) < 4.78 is 10.8. The Kier molecular flexibility index (Phi) is 4.73. The summed E-state index contributed by atoms with van der Waals surface area (Å²) in [5, 5.41) is 8.43. The second-order valence-electron chi connectivity index (χ2n) is 4.05. The van der Waals surface area contributed by atoms with Gasteiger partial charge in [-0.15, -0.1) is 0 Å². The summed E-state index contributed by atoms with van der Waals surface area (Å²) in [4.78, 5) is 21.6. The van der Waals surface area contributed by atoms with E-state index in [1.165, 1.54) is 0 Å². The highest BCUT2D eigenvalue weighted by Crippen LogP contribution is 2.25. The second kappa shape index (κ2) is 5.84. The molecule has 1 aliphatic rings. The number of esters is 1. The van der Waals surface area contributed by atoms with Gasteiger partial charge >= 0.3 is 11.9 Å². The van der Waals surface area contributed by atoms with Crippen molar-refractivity contribution in [3.63, 3.8) is 0 Å². The van der Waals surface area contributed by atoms with Crippen molar-refractivity contribution in [2.45, 2.75) is 57.8 Å². The zero-order valence-corrected chi connectivity index (χ0v) is 9.64. The van der Waals surface area contributed by atoms with Gasteiger partial charge in [-0.1, -0.05) is 6.92 Å². The van der Waals surface area contributed by atoms with Crippen LogP contribution in [0.25, 0.3) is 0 Å². The lowest BCUT2D eigenvalue weighted by Crippen LogP contribution is -2.26. The molecule has 0 aliphatic carbocycles. The molecule has 0 aromatic rings. The summed E-state index contributed by atoms with van der Waals surface area (Å²) in [6, 6.07) is 0. The smallest absolute Gasteiger partial charge is 0.306 e. The van der Waals surface area contributed by atoms with Crippen LogP contribution in [0.2, 0.25) is 0 Å². The number of carbonyl (C=O) groups excluding carboxylic acids is 1. The van der Waals surface area contributed by atoms with Crippen molar-refractivity contribution >= 4 is 11.9 Å². The first-order chi connectivity index (χ1) is 7.52. The van der Waals surface area contributed by atoms with Crippen LogP contribution in [-0.4, -0.2) is 35.4 Å². The molecule has 0 bridgehead atoms. The van der Waals surface area contributed by atoms with Gasteiger partial charge in [-0.25, -0.2) is 0 Å². The highest BCUT2D eigenvalue weighted by atomic mass is 16.6. The SMILES string of the molecule is CC[C@H]1O[C@@H](C)CC1OC(=O)CCC(=O)O. The van der Waals surface area contributed by atoms with Gasteiger partial charge in [0, 0.05) is 6.42 Å². The van der Waals surface area contributed by atoms with Gasteiger partial charge in [-0.3, -0.25) is 9.59 Å². The van der Waals surface area contributed by atoms with Crippen molar-refractivity contribution in [1.29, 1.82) is 0 Å². The van der Waals surface area contributed by atoms with Crippen molar-refractivity contribution in [1.82, 2.24) is 0 Å². The first-order valence-corrected chi connectivity index (χ1v) is 5.59. The largest absolute Gasteiger partial charge is 0.481 e. The van der Waals surface area contributed by atoms with Crippen LogP contribution in [0, 0.1) is 0 Å². The minimum atomic E-state index is -0.986. The van der Waals surface area contributed by atoms with E-state index in [0.717, 1.165) is 6.42 Å². The van der Waals surface area contributed by atoms with Gasteiger partial charge < -0.3 is 14.6 Å². The van der Waals surface area contributed by atoms with Crippen LogP contribution in [0.5, 0.6) is 0 Å². The molecule has 3 atom stereocenters. The number of hydrogen-bond donors (Lipinski definition) is 1. The zero-order valence-electron chi connectivity index (χ0n) is 9.64. The minimum Gasteiger partial charge on any atom is -0.481 e. The molecular formula is C11H18O5. The fourth-order valence-electron chi connectivity index (χ4n) is 1.84. The second-order valence-corrected chi connectivity index (χ2v) is 4.05. The van der Waals surface area contributed by atoms with Crippen LogP contribution < -0.4 is 0 Å². The van der Waals surface area contributed by atoms with Crippen LogP contribution >= 0.6 is 0 Å². The third kappa shape index (κ3) is 3.81. The summed E-state index contributed by atoms with van der Waals surface area (Å²) in [6.45, 7) is 3.91. The number of carboxylic acids is 1. The Bertz CT molecular complexity index is 263. The van der Waals surface area contributed by atoms with Crippen LogP contribution in [0.15, 0.2) is 0 Å². The fraction of sp³-hybridized carbons (Fsp3) is 0.818. The lowest BCUT2D eigenvalue weighted by atomic mass is 10.1. The van der Waals surface area contributed by atoms with E-state index in [4.69, 9.17) is 14.6 Å². The van der Waals surface area contributed by atoms with Crippen LogP contribution in [-0.2, 0) is 19.1 Å². The summed E-state index contributed by atoms with van der Waals surface area (Å²) in [6.07, 6.45) is 1.06. The Labute approximate surface area is 94.7 Å². The molecule has 1 rings (SSSR count). The summed E-state index contributed by atoms with van der Waals surface area (Å²) in [7, 11) is 0. The van der Waals surface area contributed by atoms with E-state index in [2.05, 4.69) is 0 Å². The van der Waals surface area contributed by atoms with Gasteiger partial charge in [0.2, 0.25) is 0 Å². The Morgan fingerprint density at radius 1 is 1.44 bits per heavy atom. The molecule has 0 aromatic carbocycles. The molecule has 0 spiro atoms. The van der Waals surface area contributed by atoms with Gasteiger partial charge in [0.15, 0.2) is 0 Å². The Balaban J connectivity index is 2.35. The van der Waals surface area contributed by atoms with E-state index >= 15 is 0 Å². The van der Waals surface area contributed by atoms with Crippen molar-refractivity contribution in [3.8, 4) is 0 Å². The monoisotopic (exact) mass is 230 g/mol. The highest BCUT2D eigenvalue weighted by molar-refractivity contribution is 5.76. The van der Waals surface area contributed by atoms with Gasteiger partial charge in [0.25, 0.3) is 0 Å². The Morgan fingerprint density at radius 2 is 2.12 bits per heavy atom. The van der Waals surface area contributed by atoms with Gasteiger partial charge in [-0.05, 0) is 13.3 Å². The van der Waals surface area contributed by atoms with Gasteiger partial charge in [-0.2, -0.15) is 0 Å². The molecule has 5 heteroatoms. The number of carbonyl (C=O) groups is 2. The number of carboxylic acid groups (broad SMARTS) is 1. The van der Waals surface area contributed by atoms with Gasteiger partial charge in [0.1, 0.15) is 6.10 Å². The fourth-order valence-corrected chi connectivity index (χ4v) is 1.84. The molecule has 0 amide bonds. The van der Waals surface area contributed by atoms with Crippen molar-refractivity contribution in [2.24, 2.45) is 0 Å². The lowest BCUT2D eigenvalue weighted by molar-refractivity contribution is -0.154. The third-order valence-corrected chi connectivity index (χ3v) is 2.61. The van der Waals surface area contributed by atoms with Crippen LogP contribution in [0.4, 0.5) is 0 Å². The Hall–Kier alpha value is -1.10. The predicted octanol–water partition coefficient (Wildman–Crippen LogP) is 1.35. The number of aliphatic carboxylic acids is 1. The van der Waals surface area contributed by atoms with E-state index < -0.39 is 11.9 Å². The number of rotatable bonds is 5. The summed E-state index contributed by atoms with van der Waals surface area (Å²) >= 11 is 0. The number of ether oxygens (including phenoxy) is 2. The van der Waals surface area contributed by atoms with E-state index in [-0.39, 0.29) is 31.2 Å². The maximum atomic E-state index is 11.3. The van der Waals surface area contributed by atoms with E-state index in [1.807, 2.05) is 13.8 Å². The van der Waals surface area contributed by atoms with Crippen molar-refractivity contribution < 1.29 is 24.2 Å². The van der Waals surface area contributed by atoms with Crippen LogP contribution in [0.3, 0.4) is 0 Å². The first-order valence-electron chi connectivity index (χ1n) is 5.59. The molecule has 1 aliphatic heterocycles. The lowest BCUT2D eigenvalue weighted by Gasteiger charge is -2.17. The van der Waals surface area contributed by atoms with Crippen molar-refractivity contribution in [2.75, 3.05) is 0 Å². The summed E-state index contributed by atoms with van der Waals surface area (Å²) in [5.74, 6) is -1.44. The summed E-state index contributed by atoms with van der Waals surface area (Å²) in [5.41, 5.74) is 0. The van der Waals surface area contributed by atoms with Gasteiger partial charge in [0.05, 0.1) is 25.0 Å². The molecule has 0 radical (unpaired) electrons. The molecule has 1 N–H and O–H groups in total. The maximum absolute atomic E-state index is 11.3. The molecule has 1 unspecified atom stereocenters. The molecule has 0 aromatic heterocycles. The van der Waals surface area contributed by atoms with E-state index in [1.54, 1.807) is 0 Å². The first kappa shape index (κ1) is 13.0. The predicted molar refractivity (Wildman–Crippen MR) is 56.0 cm³/mol. The zero-order chi connectivity index (χ0) is 12.1. The average Bonchev–Trinajstić information content (AvgIpc) is 2.55. The highest BCUT2D eigenvalue weighted by Gasteiger charge is 2.34. The van der Waals surface area contributed by atoms with Crippen LogP contribution in [0.1, 0.15) is 39.5 Å². The average molecular weight is 230 g/mol. The molecule has 1 fully saturated rings. The minimum absolute atomic E-state index is 0.0521. The quantitative estimate of drug-likeness (QED) is 0.722. The molecular weight excluding hydrogens is 212 g/mol. The maximum Gasteiger partial charge on any atom is 0.306 e. The van der Waals surface area contributed by atoms with E-state index in [0.29, 0.717) is 6.42 Å². The molecule has 0 saturated carbocycles. The standard InChI is InChI=1S/C11H18O5/c1-3-8-9(6-7(2)15-8)16-11(14)5-4-10(12)13/h7-9H,3-6H2,1-2H3,(H,12,13)/t7-,8+,9?/m0/s1.